The van der Waals surface area contributed by atoms with E-state index < -0.39 is 11.2 Å². The van der Waals surface area contributed by atoms with E-state index in [0.717, 1.165) is 40.2 Å². The number of esters is 1. The van der Waals surface area contributed by atoms with Gasteiger partial charge in [-0.25, -0.2) is 4.79 Å². The Hall–Kier alpha value is -3.10. The number of hydrogen-bond donors (Lipinski definition) is 2. The molecule has 2 atom stereocenters. The van der Waals surface area contributed by atoms with Gasteiger partial charge in [-0.2, -0.15) is 0 Å². The number of benzene rings is 2. The van der Waals surface area contributed by atoms with Crippen LogP contribution in [0.2, 0.25) is 0 Å². The van der Waals surface area contributed by atoms with Crippen molar-refractivity contribution in [2.75, 3.05) is 17.7 Å². The maximum Gasteiger partial charge on any atom is 0.341 e. The molecule has 1 aromatic heterocycles. The Morgan fingerprint density at radius 1 is 1.09 bits per heavy atom. The summed E-state index contributed by atoms with van der Waals surface area (Å²) in [7, 11) is 1.37. The molecule has 0 saturated carbocycles. The molecule has 35 heavy (non-hydrogen) atoms. The largest absolute Gasteiger partial charge is 0.465 e. The predicted octanol–water partition coefficient (Wildman–Crippen LogP) is 6.09. The highest BCUT2D eigenvalue weighted by atomic mass is 32.2. The Morgan fingerprint density at radius 3 is 2.57 bits per heavy atom. The number of thiophene rings is 1. The average molecular weight is 509 g/mol. The molecule has 4 rings (SSSR count). The fourth-order valence-corrected chi connectivity index (χ4v) is 6.71. The van der Waals surface area contributed by atoms with Crippen molar-refractivity contribution in [1.29, 1.82) is 0 Å². The molecule has 2 N–H and O–H groups in total. The second-order valence-electron chi connectivity index (χ2n) is 8.65. The summed E-state index contributed by atoms with van der Waals surface area (Å²) >= 11 is 2.87. The third-order valence-electron chi connectivity index (χ3n) is 5.89. The van der Waals surface area contributed by atoms with E-state index in [2.05, 4.69) is 17.6 Å². The van der Waals surface area contributed by atoms with Gasteiger partial charge in [0.1, 0.15) is 10.3 Å². The predicted molar refractivity (Wildman–Crippen MR) is 141 cm³/mol. The summed E-state index contributed by atoms with van der Waals surface area (Å²) in [4.78, 5) is 39.8. The first-order valence-corrected chi connectivity index (χ1v) is 13.2. The lowest BCUT2D eigenvalue weighted by atomic mass is 9.88. The third-order valence-corrected chi connectivity index (χ3v) is 8.30. The van der Waals surface area contributed by atoms with Crippen molar-refractivity contribution in [2.24, 2.45) is 5.92 Å². The number of anilines is 2. The van der Waals surface area contributed by atoms with Crippen molar-refractivity contribution in [3.63, 3.8) is 0 Å². The Kier molecular flexibility index (Phi) is 7.93. The minimum Gasteiger partial charge on any atom is -0.465 e. The number of rotatable bonds is 7. The zero-order valence-electron chi connectivity index (χ0n) is 19.9. The summed E-state index contributed by atoms with van der Waals surface area (Å²) in [5.41, 5.74) is 3.00. The van der Waals surface area contributed by atoms with Crippen LogP contribution < -0.4 is 10.6 Å². The summed E-state index contributed by atoms with van der Waals surface area (Å²) in [6.45, 7) is 3.66. The normalized spacial score (nSPS) is 15.6. The van der Waals surface area contributed by atoms with Gasteiger partial charge in [-0.15, -0.1) is 23.1 Å². The van der Waals surface area contributed by atoms with Gasteiger partial charge in [0, 0.05) is 22.4 Å². The highest BCUT2D eigenvalue weighted by Gasteiger charge is 2.31. The number of thioether (sulfide) groups is 1. The Labute approximate surface area is 213 Å². The van der Waals surface area contributed by atoms with E-state index in [9.17, 15) is 14.4 Å². The van der Waals surface area contributed by atoms with Crippen molar-refractivity contribution in [2.45, 2.75) is 43.3 Å². The minimum atomic E-state index is -0.563. The molecule has 1 aliphatic rings. The van der Waals surface area contributed by atoms with Crippen LogP contribution in [-0.4, -0.2) is 24.9 Å². The second kappa shape index (κ2) is 11.1. The van der Waals surface area contributed by atoms with Gasteiger partial charge < -0.3 is 15.4 Å². The molecule has 0 fully saturated rings. The van der Waals surface area contributed by atoms with Crippen molar-refractivity contribution in [3.05, 3.63) is 76.2 Å². The zero-order chi connectivity index (χ0) is 24.9. The van der Waals surface area contributed by atoms with E-state index >= 15 is 0 Å². The van der Waals surface area contributed by atoms with Crippen molar-refractivity contribution < 1.29 is 19.1 Å². The first-order valence-electron chi connectivity index (χ1n) is 11.5. The first kappa shape index (κ1) is 25.0. The fourth-order valence-electron chi connectivity index (χ4n) is 4.22. The minimum absolute atomic E-state index is 0.157. The van der Waals surface area contributed by atoms with Gasteiger partial charge in [-0.3, -0.25) is 9.59 Å². The summed E-state index contributed by atoms with van der Waals surface area (Å²) in [6, 6.07) is 16.9. The van der Waals surface area contributed by atoms with Gasteiger partial charge in [0.2, 0.25) is 11.8 Å². The molecule has 2 amide bonds. The van der Waals surface area contributed by atoms with Crippen molar-refractivity contribution >= 4 is 51.6 Å². The Balaban J connectivity index is 1.65. The molecule has 8 heteroatoms. The number of carbonyl (C=O) groups is 3. The standard InChI is InChI=1S/C27H28N2O4S2/c1-16-12-13-21-22(14-16)35-26(23(21)27(32)33-3)29-25(31)24(18-8-5-4-6-9-18)34-20-11-7-10-19(15-20)28-17(2)30/h4-11,15-16,24H,12-14H2,1-3H3,(H,28,30)(H,29,31). The SMILES string of the molecule is COC(=O)c1c(NC(=O)C(Sc2cccc(NC(C)=O)c2)c2ccccc2)sc2c1CCC(C)C2. The Bertz CT molecular complexity index is 1240. The molecule has 6 nitrogen and oxygen atoms in total. The smallest absolute Gasteiger partial charge is 0.341 e. The molecule has 0 bridgehead atoms. The van der Waals surface area contributed by atoms with E-state index in [1.165, 1.54) is 37.1 Å². The molecule has 2 aromatic carbocycles. The molecule has 3 aromatic rings. The topological polar surface area (TPSA) is 84.5 Å². The number of fused-ring (bicyclic) bond motifs is 1. The summed E-state index contributed by atoms with van der Waals surface area (Å²) < 4.78 is 5.07. The lowest BCUT2D eigenvalue weighted by Crippen LogP contribution is -2.20. The number of ether oxygens (including phenoxy) is 1. The van der Waals surface area contributed by atoms with Crippen LogP contribution in [0.4, 0.5) is 10.7 Å². The Morgan fingerprint density at radius 2 is 1.86 bits per heavy atom. The van der Waals surface area contributed by atoms with E-state index in [4.69, 9.17) is 4.74 Å². The van der Waals surface area contributed by atoms with Gasteiger partial charge in [-0.05, 0) is 54.5 Å². The molecule has 0 spiro atoms. The molecule has 1 heterocycles. The average Bonchev–Trinajstić information content (AvgIpc) is 3.19. The summed E-state index contributed by atoms with van der Waals surface area (Å²) in [5.74, 6) is -0.253. The van der Waals surface area contributed by atoms with Crippen LogP contribution in [-0.2, 0) is 27.2 Å². The highest BCUT2D eigenvalue weighted by Crippen LogP contribution is 2.42. The molecular formula is C27H28N2O4S2. The van der Waals surface area contributed by atoms with E-state index in [1.807, 2.05) is 54.6 Å². The molecule has 0 aliphatic heterocycles. The van der Waals surface area contributed by atoms with Crippen LogP contribution >= 0.6 is 23.1 Å². The van der Waals surface area contributed by atoms with Crippen molar-refractivity contribution in [3.8, 4) is 0 Å². The van der Waals surface area contributed by atoms with Crippen LogP contribution in [0.5, 0.6) is 0 Å². The van der Waals surface area contributed by atoms with E-state index in [-0.39, 0.29) is 11.8 Å². The molecule has 0 radical (unpaired) electrons. The van der Waals surface area contributed by atoms with Crippen molar-refractivity contribution in [1.82, 2.24) is 0 Å². The zero-order valence-corrected chi connectivity index (χ0v) is 21.6. The highest BCUT2D eigenvalue weighted by molar-refractivity contribution is 8.00. The number of methoxy groups -OCH3 is 1. The molecule has 0 saturated heterocycles. The quantitative estimate of drug-likeness (QED) is 0.298. The van der Waals surface area contributed by atoms with Gasteiger partial charge in [-0.1, -0.05) is 43.3 Å². The maximum atomic E-state index is 13.7. The van der Waals surface area contributed by atoms with E-state index in [0.29, 0.717) is 22.2 Å². The van der Waals surface area contributed by atoms with Gasteiger partial charge in [0.15, 0.2) is 0 Å². The lowest BCUT2D eigenvalue weighted by molar-refractivity contribution is -0.116. The number of carbonyl (C=O) groups excluding carboxylic acids is 3. The van der Waals surface area contributed by atoms with Crippen LogP contribution in [0, 0.1) is 5.92 Å². The third kappa shape index (κ3) is 5.94. The molecule has 2 unspecified atom stereocenters. The van der Waals surface area contributed by atoms with Crippen LogP contribution in [0.25, 0.3) is 0 Å². The molecular weight excluding hydrogens is 480 g/mol. The number of hydrogen-bond acceptors (Lipinski definition) is 6. The number of amides is 2. The lowest BCUT2D eigenvalue weighted by Gasteiger charge is -2.18. The van der Waals surface area contributed by atoms with Gasteiger partial charge >= 0.3 is 5.97 Å². The second-order valence-corrected chi connectivity index (χ2v) is 10.9. The fraction of sp³-hybridized carbons (Fsp3) is 0.296. The van der Waals surface area contributed by atoms with Gasteiger partial charge in [0.05, 0.1) is 12.7 Å². The molecule has 1 aliphatic carbocycles. The monoisotopic (exact) mass is 508 g/mol. The van der Waals surface area contributed by atoms with Crippen LogP contribution in [0.3, 0.4) is 0 Å². The molecule has 182 valence electrons. The van der Waals surface area contributed by atoms with Crippen LogP contribution in [0.1, 0.15) is 51.9 Å². The summed E-state index contributed by atoms with van der Waals surface area (Å²) in [5, 5.41) is 5.82. The van der Waals surface area contributed by atoms with E-state index in [1.54, 1.807) is 0 Å². The van der Waals surface area contributed by atoms with Gasteiger partial charge in [0.25, 0.3) is 0 Å². The number of nitrogens with one attached hydrogen (secondary N) is 2. The first-order chi connectivity index (χ1) is 16.9. The summed E-state index contributed by atoms with van der Waals surface area (Å²) in [6.07, 6.45) is 2.71. The van der Waals surface area contributed by atoms with Crippen LogP contribution in [0.15, 0.2) is 59.5 Å². The maximum absolute atomic E-state index is 13.7.